The molecule has 1 N–H and O–H groups in total. The van der Waals surface area contributed by atoms with Crippen molar-refractivity contribution in [2.45, 2.75) is 33.0 Å². The Hall–Kier alpha value is -1.30. The summed E-state index contributed by atoms with van der Waals surface area (Å²) >= 11 is 0. The molecular weight excluding hydrogens is 245 g/mol. The summed E-state index contributed by atoms with van der Waals surface area (Å²) in [7, 11) is 0. The van der Waals surface area contributed by atoms with Crippen molar-refractivity contribution in [3.05, 3.63) is 23.4 Å². The van der Waals surface area contributed by atoms with Gasteiger partial charge in [0.2, 0.25) is 5.88 Å². The van der Waals surface area contributed by atoms with Crippen LogP contribution in [0.2, 0.25) is 0 Å². The van der Waals surface area contributed by atoms with Crippen LogP contribution >= 0.6 is 0 Å². The zero-order valence-electron chi connectivity index (χ0n) is 10.5. The standard InChI is InChI=1S/C12H17F3N2O/c1-3-10-5-9(7-16-4-2)6-11(17-10)18-8-12(13,14)15/h5-6,16H,3-4,7-8H2,1-2H3. The van der Waals surface area contributed by atoms with E-state index in [2.05, 4.69) is 15.0 Å². The van der Waals surface area contributed by atoms with E-state index in [1.807, 2.05) is 19.9 Å². The number of halogens is 3. The van der Waals surface area contributed by atoms with Crippen molar-refractivity contribution in [1.82, 2.24) is 10.3 Å². The minimum atomic E-state index is -4.34. The second-order valence-corrected chi connectivity index (χ2v) is 3.84. The third kappa shape index (κ3) is 5.35. The van der Waals surface area contributed by atoms with Crippen molar-refractivity contribution in [2.75, 3.05) is 13.2 Å². The molecule has 0 aromatic carbocycles. The van der Waals surface area contributed by atoms with Crippen LogP contribution in [0.1, 0.15) is 25.1 Å². The lowest BCUT2D eigenvalue weighted by molar-refractivity contribution is -0.154. The maximum Gasteiger partial charge on any atom is 0.422 e. The first-order valence-electron chi connectivity index (χ1n) is 5.84. The van der Waals surface area contributed by atoms with Gasteiger partial charge in [0.1, 0.15) is 0 Å². The third-order valence-corrected chi connectivity index (χ3v) is 2.24. The van der Waals surface area contributed by atoms with Gasteiger partial charge in [-0.15, -0.1) is 0 Å². The van der Waals surface area contributed by atoms with Crippen LogP contribution in [0, 0.1) is 0 Å². The number of hydrogen-bond donors (Lipinski definition) is 1. The molecule has 1 aromatic heterocycles. The molecular formula is C12H17F3N2O. The highest BCUT2D eigenvalue weighted by Crippen LogP contribution is 2.19. The molecule has 0 radical (unpaired) electrons. The first-order chi connectivity index (χ1) is 8.44. The topological polar surface area (TPSA) is 34.2 Å². The lowest BCUT2D eigenvalue weighted by Gasteiger charge is -2.11. The summed E-state index contributed by atoms with van der Waals surface area (Å²) < 4.78 is 40.9. The second-order valence-electron chi connectivity index (χ2n) is 3.84. The Morgan fingerprint density at radius 2 is 2.00 bits per heavy atom. The van der Waals surface area contributed by atoms with Crippen molar-refractivity contribution in [2.24, 2.45) is 0 Å². The largest absolute Gasteiger partial charge is 0.468 e. The molecule has 0 aliphatic carbocycles. The molecule has 0 bridgehead atoms. The van der Waals surface area contributed by atoms with E-state index in [1.165, 1.54) is 6.07 Å². The average molecular weight is 262 g/mol. The summed E-state index contributed by atoms with van der Waals surface area (Å²) in [5, 5.41) is 3.11. The van der Waals surface area contributed by atoms with Crippen LogP contribution in [0.15, 0.2) is 12.1 Å². The lowest BCUT2D eigenvalue weighted by atomic mass is 10.2. The summed E-state index contributed by atoms with van der Waals surface area (Å²) in [6.07, 6.45) is -3.69. The van der Waals surface area contributed by atoms with E-state index < -0.39 is 12.8 Å². The predicted molar refractivity (Wildman–Crippen MR) is 62.5 cm³/mol. The van der Waals surface area contributed by atoms with Gasteiger partial charge in [0, 0.05) is 18.3 Å². The van der Waals surface area contributed by atoms with Crippen LogP contribution < -0.4 is 10.1 Å². The Labute approximate surface area is 104 Å². The predicted octanol–water partition coefficient (Wildman–Crippen LogP) is 2.69. The van der Waals surface area contributed by atoms with Crippen LogP contribution in [-0.4, -0.2) is 24.3 Å². The highest BCUT2D eigenvalue weighted by Gasteiger charge is 2.28. The van der Waals surface area contributed by atoms with Gasteiger partial charge in [0.05, 0.1) is 0 Å². The lowest BCUT2D eigenvalue weighted by Crippen LogP contribution is -2.20. The SMILES string of the molecule is CCNCc1cc(CC)nc(OCC(F)(F)F)c1. The molecule has 0 aliphatic rings. The molecule has 0 aliphatic heterocycles. The fraction of sp³-hybridized carbons (Fsp3) is 0.583. The number of nitrogens with one attached hydrogen (secondary N) is 1. The fourth-order valence-electron chi connectivity index (χ4n) is 1.40. The second kappa shape index (κ2) is 6.58. The Bertz CT molecular complexity index is 380. The van der Waals surface area contributed by atoms with Crippen molar-refractivity contribution >= 4 is 0 Å². The minimum Gasteiger partial charge on any atom is -0.468 e. The number of hydrogen-bond acceptors (Lipinski definition) is 3. The molecule has 6 heteroatoms. The van der Waals surface area contributed by atoms with Gasteiger partial charge in [-0.05, 0) is 24.6 Å². The molecule has 0 unspecified atom stereocenters. The monoisotopic (exact) mass is 262 g/mol. The molecule has 0 amide bonds. The molecule has 0 fully saturated rings. The van der Waals surface area contributed by atoms with Crippen LogP contribution in [0.3, 0.4) is 0 Å². The number of alkyl halides is 3. The van der Waals surface area contributed by atoms with E-state index in [9.17, 15) is 13.2 Å². The normalized spacial score (nSPS) is 11.6. The van der Waals surface area contributed by atoms with Gasteiger partial charge in [-0.25, -0.2) is 4.98 Å². The Morgan fingerprint density at radius 1 is 1.28 bits per heavy atom. The number of nitrogens with zero attached hydrogens (tertiary/aromatic N) is 1. The molecule has 0 spiro atoms. The first kappa shape index (κ1) is 14.8. The van der Waals surface area contributed by atoms with Gasteiger partial charge in [-0.1, -0.05) is 13.8 Å². The van der Waals surface area contributed by atoms with E-state index >= 15 is 0 Å². The minimum absolute atomic E-state index is 0.0274. The third-order valence-electron chi connectivity index (χ3n) is 2.24. The van der Waals surface area contributed by atoms with Crippen LogP contribution in [-0.2, 0) is 13.0 Å². The van der Waals surface area contributed by atoms with E-state index in [-0.39, 0.29) is 5.88 Å². The fourth-order valence-corrected chi connectivity index (χ4v) is 1.40. The van der Waals surface area contributed by atoms with Gasteiger partial charge < -0.3 is 10.1 Å². The first-order valence-corrected chi connectivity index (χ1v) is 5.84. The van der Waals surface area contributed by atoms with Gasteiger partial charge in [-0.2, -0.15) is 13.2 Å². The molecule has 0 saturated heterocycles. The van der Waals surface area contributed by atoms with Crippen LogP contribution in [0.4, 0.5) is 13.2 Å². The molecule has 1 rings (SSSR count). The highest BCUT2D eigenvalue weighted by molar-refractivity contribution is 5.25. The molecule has 3 nitrogen and oxygen atoms in total. The molecule has 1 heterocycles. The average Bonchev–Trinajstić information content (AvgIpc) is 2.32. The number of aromatic nitrogens is 1. The maximum atomic E-state index is 12.1. The number of ether oxygens (including phenoxy) is 1. The van der Waals surface area contributed by atoms with Crippen LogP contribution in [0.25, 0.3) is 0 Å². The van der Waals surface area contributed by atoms with E-state index in [4.69, 9.17) is 0 Å². The Morgan fingerprint density at radius 3 is 2.56 bits per heavy atom. The van der Waals surface area contributed by atoms with Crippen molar-refractivity contribution < 1.29 is 17.9 Å². The van der Waals surface area contributed by atoms with Crippen molar-refractivity contribution in [1.29, 1.82) is 0 Å². The smallest absolute Gasteiger partial charge is 0.422 e. The zero-order chi connectivity index (χ0) is 13.6. The quantitative estimate of drug-likeness (QED) is 0.856. The summed E-state index contributed by atoms with van der Waals surface area (Å²) in [6.45, 7) is 3.93. The van der Waals surface area contributed by atoms with Gasteiger partial charge >= 0.3 is 6.18 Å². The zero-order valence-corrected chi connectivity index (χ0v) is 10.5. The molecule has 0 atom stereocenters. The summed E-state index contributed by atoms with van der Waals surface area (Å²) in [6, 6.07) is 3.40. The molecule has 18 heavy (non-hydrogen) atoms. The highest BCUT2D eigenvalue weighted by atomic mass is 19.4. The number of rotatable bonds is 6. The molecule has 102 valence electrons. The Kier molecular flexibility index (Phi) is 5.40. The summed E-state index contributed by atoms with van der Waals surface area (Å²) in [5.74, 6) is 0.0274. The van der Waals surface area contributed by atoms with E-state index in [0.29, 0.717) is 13.0 Å². The maximum absolute atomic E-state index is 12.1. The molecule has 0 saturated carbocycles. The van der Waals surface area contributed by atoms with E-state index in [0.717, 1.165) is 17.8 Å². The van der Waals surface area contributed by atoms with Crippen molar-refractivity contribution in [3.63, 3.8) is 0 Å². The van der Waals surface area contributed by atoms with Gasteiger partial charge in [0.15, 0.2) is 6.61 Å². The molecule has 1 aromatic rings. The van der Waals surface area contributed by atoms with Gasteiger partial charge in [0.25, 0.3) is 0 Å². The number of pyridine rings is 1. The van der Waals surface area contributed by atoms with Gasteiger partial charge in [-0.3, -0.25) is 0 Å². The summed E-state index contributed by atoms with van der Waals surface area (Å²) in [5.41, 5.74) is 1.60. The Balaban J connectivity index is 2.76. The van der Waals surface area contributed by atoms with Crippen molar-refractivity contribution in [3.8, 4) is 5.88 Å². The summed E-state index contributed by atoms with van der Waals surface area (Å²) in [4.78, 5) is 4.01. The van der Waals surface area contributed by atoms with Crippen LogP contribution in [0.5, 0.6) is 5.88 Å². The number of aryl methyl sites for hydroxylation is 1. The van der Waals surface area contributed by atoms with E-state index in [1.54, 1.807) is 0 Å².